The van der Waals surface area contributed by atoms with Crippen LogP contribution in [0, 0.1) is 24.1 Å². The number of rotatable bonds is 5. The van der Waals surface area contributed by atoms with Crippen LogP contribution in [0.15, 0.2) is 54.1 Å². The average Bonchev–Trinajstić information content (AvgIpc) is 2.59. The van der Waals surface area contributed by atoms with E-state index in [0.717, 1.165) is 36.3 Å². The summed E-state index contributed by atoms with van der Waals surface area (Å²) in [7, 11) is 0. The summed E-state index contributed by atoms with van der Waals surface area (Å²) in [4.78, 5) is 2.27. The maximum absolute atomic E-state index is 13.1. The summed E-state index contributed by atoms with van der Waals surface area (Å²) >= 11 is 0. The van der Waals surface area contributed by atoms with Gasteiger partial charge in [-0.05, 0) is 47.9 Å². The van der Waals surface area contributed by atoms with Gasteiger partial charge in [-0.25, -0.2) is 4.39 Å². The van der Waals surface area contributed by atoms with Gasteiger partial charge in [0.05, 0.1) is 6.61 Å². The molecule has 1 aliphatic rings. The van der Waals surface area contributed by atoms with Crippen LogP contribution in [0.2, 0.25) is 0 Å². The summed E-state index contributed by atoms with van der Waals surface area (Å²) < 4.78 is 13.1. The van der Waals surface area contributed by atoms with E-state index >= 15 is 0 Å². The molecule has 0 fully saturated rings. The minimum atomic E-state index is -0.245. The van der Waals surface area contributed by atoms with Crippen LogP contribution >= 0.6 is 0 Å². The van der Waals surface area contributed by atoms with Crippen molar-refractivity contribution in [2.75, 3.05) is 26.2 Å². The molecule has 0 saturated heterocycles. The molecule has 0 amide bonds. The SMILES string of the molecule is C#C/C=C\C(=C/C)CN1CC=C(c2ccc(F)cc2)C(CO)C1. The molecule has 23 heavy (non-hydrogen) atoms. The second-order valence-electron chi connectivity index (χ2n) is 5.60. The van der Waals surface area contributed by atoms with Crippen LogP contribution in [0.3, 0.4) is 0 Å². The third-order valence-electron chi connectivity index (χ3n) is 4.06. The number of aliphatic hydroxyl groups is 1. The van der Waals surface area contributed by atoms with Crippen molar-refractivity contribution in [3.05, 3.63) is 65.5 Å². The van der Waals surface area contributed by atoms with Gasteiger partial charge in [0.15, 0.2) is 0 Å². The quantitative estimate of drug-likeness (QED) is 0.666. The molecule has 0 spiro atoms. The monoisotopic (exact) mass is 311 g/mol. The Hall–Kier alpha value is -2.15. The highest BCUT2D eigenvalue weighted by Gasteiger charge is 2.23. The first-order valence-corrected chi connectivity index (χ1v) is 7.75. The second-order valence-corrected chi connectivity index (χ2v) is 5.60. The van der Waals surface area contributed by atoms with E-state index in [1.807, 2.05) is 19.1 Å². The van der Waals surface area contributed by atoms with Crippen LogP contribution in [-0.2, 0) is 0 Å². The van der Waals surface area contributed by atoms with E-state index in [0.29, 0.717) is 0 Å². The largest absolute Gasteiger partial charge is 0.396 e. The number of halogens is 1. The zero-order valence-electron chi connectivity index (χ0n) is 13.4. The molecule has 0 saturated carbocycles. The lowest BCUT2D eigenvalue weighted by Crippen LogP contribution is -2.37. The third kappa shape index (κ3) is 4.66. The lowest BCUT2D eigenvalue weighted by molar-refractivity contribution is 0.201. The predicted molar refractivity (Wildman–Crippen MR) is 93.1 cm³/mol. The van der Waals surface area contributed by atoms with Gasteiger partial charge < -0.3 is 5.11 Å². The molecule has 0 radical (unpaired) electrons. The fraction of sp³-hybridized carbons (Fsp3) is 0.300. The van der Waals surface area contributed by atoms with E-state index in [4.69, 9.17) is 6.42 Å². The van der Waals surface area contributed by atoms with E-state index in [-0.39, 0.29) is 18.3 Å². The van der Waals surface area contributed by atoms with Gasteiger partial charge in [-0.3, -0.25) is 4.90 Å². The molecule has 1 aromatic rings. The molecule has 3 heteroatoms. The van der Waals surface area contributed by atoms with Crippen LogP contribution in [0.5, 0.6) is 0 Å². The minimum absolute atomic E-state index is 0.0314. The van der Waals surface area contributed by atoms with Crippen molar-refractivity contribution in [2.24, 2.45) is 5.92 Å². The predicted octanol–water partition coefficient (Wildman–Crippen LogP) is 3.27. The van der Waals surface area contributed by atoms with Crippen LogP contribution in [-0.4, -0.2) is 36.2 Å². The van der Waals surface area contributed by atoms with Crippen LogP contribution in [0.1, 0.15) is 12.5 Å². The highest BCUT2D eigenvalue weighted by Crippen LogP contribution is 2.28. The molecule has 2 rings (SSSR count). The Morgan fingerprint density at radius 3 is 2.78 bits per heavy atom. The Balaban J connectivity index is 2.12. The van der Waals surface area contributed by atoms with Gasteiger partial charge in [0.2, 0.25) is 0 Å². The number of nitrogens with zero attached hydrogens (tertiary/aromatic N) is 1. The van der Waals surface area contributed by atoms with Gasteiger partial charge in [0.25, 0.3) is 0 Å². The normalized spacial score (nSPS) is 19.7. The molecule has 2 nitrogen and oxygen atoms in total. The van der Waals surface area contributed by atoms with Gasteiger partial charge in [-0.1, -0.05) is 30.2 Å². The molecule has 1 N–H and O–H groups in total. The number of aliphatic hydroxyl groups excluding tert-OH is 1. The molecule has 1 aliphatic heterocycles. The molecule has 1 unspecified atom stereocenters. The van der Waals surface area contributed by atoms with Gasteiger partial charge in [-0.2, -0.15) is 0 Å². The molecule has 0 aliphatic carbocycles. The molecule has 0 aromatic heterocycles. The van der Waals surface area contributed by atoms with Crippen molar-refractivity contribution in [3.63, 3.8) is 0 Å². The van der Waals surface area contributed by atoms with E-state index < -0.39 is 0 Å². The van der Waals surface area contributed by atoms with E-state index in [1.165, 1.54) is 12.1 Å². The maximum atomic E-state index is 13.1. The van der Waals surface area contributed by atoms with Crippen LogP contribution < -0.4 is 0 Å². The number of terminal acetylenes is 1. The van der Waals surface area contributed by atoms with Crippen molar-refractivity contribution < 1.29 is 9.50 Å². The summed E-state index contributed by atoms with van der Waals surface area (Å²) in [6, 6.07) is 6.46. The molecular formula is C20H22FNO. The number of hydrogen-bond acceptors (Lipinski definition) is 2. The standard InChI is InChI=1S/C20H22FNO/c1-3-5-6-16(4-2)13-22-12-11-20(18(14-22)15-23)17-7-9-19(21)10-8-17/h1,4-11,18,23H,12-15H2,2H3/b6-5-,16-4+. The zero-order valence-corrected chi connectivity index (χ0v) is 13.4. The summed E-state index contributed by atoms with van der Waals surface area (Å²) in [5.74, 6) is 2.29. The second kappa shape index (κ2) is 8.47. The Morgan fingerprint density at radius 2 is 2.17 bits per heavy atom. The molecule has 1 aromatic carbocycles. The van der Waals surface area contributed by atoms with E-state index in [9.17, 15) is 9.50 Å². The van der Waals surface area contributed by atoms with Crippen LogP contribution in [0.25, 0.3) is 5.57 Å². The number of benzene rings is 1. The molecule has 120 valence electrons. The maximum Gasteiger partial charge on any atom is 0.123 e. The van der Waals surface area contributed by atoms with Gasteiger partial charge in [0, 0.05) is 25.6 Å². The van der Waals surface area contributed by atoms with Crippen molar-refractivity contribution >= 4 is 5.57 Å². The summed E-state index contributed by atoms with van der Waals surface area (Å²) in [5.41, 5.74) is 3.21. The molecule has 1 heterocycles. The van der Waals surface area contributed by atoms with Crippen molar-refractivity contribution in [1.29, 1.82) is 0 Å². The van der Waals surface area contributed by atoms with Crippen molar-refractivity contribution in [3.8, 4) is 12.3 Å². The smallest absolute Gasteiger partial charge is 0.123 e. The van der Waals surface area contributed by atoms with Crippen molar-refractivity contribution in [1.82, 2.24) is 4.90 Å². The zero-order chi connectivity index (χ0) is 16.7. The van der Waals surface area contributed by atoms with E-state index in [2.05, 4.69) is 16.9 Å². The fourth-order valence-corrected chi connectivity index (χ4v) is 2.81. The van der Waals surface area contributed by atoms with E-state index in [1.54, 1.807) is 18.2 Å². The lowest BCUT2D eigenvalue weighted by atomic mass is 9.89. The minimum Gasteiger partial charge on any atom is -0.396 e. The Kier molecular flexibility index (Phi) is 6.34. The topological polar surface area (TPSA) is 23.5 Å². The summed E-state index contributed by atoms with van der Waals surface area (Å²) in [5, 5.41) is 9.73. The third-order valence-corrected chi connectivity index (χ3v) is 4.06. The summed E-state index contributed by atoms with van der Waals surface area (Å²) in [6.07, 6.45) is 13.1. The highest BCUT2D eigenvalue weighted by atomic mass is 19.1. The molecule has 1 atom stereocenters. The van der Waals surface area contributed by atoms with Gasteiger partial charge >= 0.3 is 0 Å². The lowest BCUT2D eigenvalue weighted by Gasteiger charge is -2.32. The first kappa shape index (κ1) is 17.2. The molecule has 0 bridgehead atoms. The van der Waals surface area contributed by atoms with Crippen LogP contribution in [0.4, 0.5) is 4.39 Å². The Bertz CT molecular complexity index is 649. The molecular weight excluding hydrogens is 289 g/mol. The Labute approximate surface area is 137 Å². The number of allylic oxidation sites excluding steroid dienone is 2. The Morgan fingerprint density at radius 1 is 1.43 bits per heavy atom. The first-order valence-electron chi connectivity index (χ1n) is 7.75. The van der Waals surface area contributed by atoms with Gasteiger partial charge in [-0.15, -0.1) is 6.42 Å². The first-order chi connectivity index (χ1) is 11.2. The van der Waals surface area contributed by atoms with Crippen molar-refractivity contribution in [2.45, 2.75) is 6.92 Å². The van der Waals surface area contributed by atoms with Gasteiger partial charge in [0.1, 0.15) is 5.82 Å². The average molecular weight is 311 g/mol. The summed E-state index contributed by atoms with van der Waals surface area (Å²) in [6.45, 7) is 4.41. The highest BCUT2D eigenvalue weighted by molar-refractivity contribution is 5.68. The number of hydrogen-bond donors (Lipinski definition) is 1. The fourth-order valence-electron chi connectivity index (χ4n) is 2.81.